The maximum Gasteiger partial charge on any atom is 0.0578 e. The third-order valence-electron chi connectivity index (χ3n) is 5.77. The second-order valence-electron chi connectivity index (χ2n) is 8.45. The Balaban J connectivity index is 1.58. The number of nitrogens with zero attached hydrogens (tertiary/aromatic N) is 2. The molecule has 1 aliphatic heterocycles. The van der Waals surface area contributed by atoms with Crippen molar-refractivity contribution in [2.45, 2.75) is 97.4 Å². The Labute approximate surface area is 144 Å². The van der Waals surface area contributed by atoms with Gasteiger partial charge in [-0.05, 0) is 85.6 Å². The van der Waals surface area contributed by atoms with Crippen molar-refractivity contribution >= 4 is 0 Å². The predicted molar refractivity (Wildman–Crippen MR) is 98.9 cm³/mol. The highest BCUT2D eigenvalue weighted by atomic mass is 16.5. The largest absolute Gasteiger partial charge is 0.376 e. The summed E-state index contributed by atoms with van der Waals surface area (Å²) in [5, 5.41) is 0. The summed E-state index contributed by atoms with van der Waals surface area (Å²) >= 11 is 0. The van der Waals surface area contributed by atoms with Gasteiger partial charge in [-0.3, -0.25) is 4.90 Å². The van der Waals surface area contributed by atoms with Crippen LogP contribution in [0.4, 0.5) is 0 Å². The molecule has 1 atom stereocenters. The zero-order valence-electron chi connectivity index (χ0n) is 16.3. The van der Waals surface area contributed by atoms with Crippen molar-refractivity contribution < 1.29 is 4.74 Å². The molecular weight excluding hydrogens is 284 g/mol. The van der Waals surface area contributed by atoms with Crippen LogP contribution in [0.2, 0.25) is 0 Å². The van der Waals surface area contributed by atoms with Crippen LogP contribution in [0.5, 0.6) is 0 Å². The van der Waals surface area contributed by atoms with Crippen molar-refractivity contribution in [3.63, 3.8) is 0 Å². The van der Waals surface area contributed by atoms with Gasteiger partial charge in [0.05, 0.1) is 12.2 Å². The predicted octanol–water partition coefficient (Wildman–Crippen LogP) is 4.16. The standard InChI is InChI=1S/C20H40N2O/c1-16(2)22-14-13-21(15-18(22)5)12-6-7-19-8-10-20(11-9-19)23-17(3)4/h16-20H,6-15H2,1-5H3/t18-,19?,20?/m1/s1. The zero-order valence-corrected chi connectivity index (χ0v) is 16.3. The van der Waals surface area contributed by atoms with Crippen molar-refractivity contribution in [3.05, 3.63) is 0 Å². The van der Waals surface area contributed by atoms with E-state index in [0.29, 0.717) is 24.3 Å². The highest BCUT2D eigenvalue weighted by molar-refractivity contribution is 4.81. The van der Waals surface area contributed by atoms with Gasteiger partial charge in [-0.1, -0.05) is 0 Å². The summed E-state index contributed by atoms with van der Waals surface area (Å²) in [6, 6.07) is 1.41. The van der Waals surface area contributed by atoms with Crippen molar-refractivity contribution in [2.24, 2.45) is 5.92 Å². The number of hydrogen-bond acceptors (Lipinski definition) is 3. The van der Waals surface area contributed by atoms with E-state index in [0.717, 1.165) is 5.92 Å². The molecule has 1 saturated carbocycles. The number of hydrogen-bond donors (Lipinski definition) is 0. The maximum atomic E-state index is 5.97. The van der Waals surface area contributed by atoms with Gasteiger partial charge in [0.15, 0.2) is 0 Å². The normalized spacial score (nSPS) is 31.2. The first-order valence-electron chi connectivity index (χ1n) is 10.1. The van der Waals surface area contributed by atoms with Crippen molar-refractivity contribution in [1.29, 1.82) is 0 Å². The molecule has 0 bridgehead atoms. The number of piperazine rings is 1. The highest BCUT2D eigenvalue weighted by Crippen LogP contribution is 2.30. The van der Waals surface area contributed by atoms with Gasteiger partial charge in [-0.2, -0.15) is 0 Å². The van der Waals surface area contributed by atoms with E-state index in [1.54, 1.807) is 0 Å². The molecule has 0 N–H and O–H groups in total. The average molecular weight is 325 g/mol. The van der Waals surface area contributed by atoms with Crippen molar-refractivity contribution in [1.82, 2.24) is 9.80 Å². The minimum Gasteiger partial charge on any atom is -0.376 e. The molecule has 0 aromatic rings. The van der Waals surface area contributed by atoms with E-state index >= 15 is 0 Å². The van der Waals surface area contributed by atoms with E-state index in [4.69, 9.17) is 4.74 Å². The van der Waals surface area contributed by atoms with Crippen LogP contribution in [0.15, 0.2) is 0 Å². The molecule has 1 aliphatic carbocycles. The maximum absolute atomic E-state index is 5.97. The Kier molecular flexibility index (Phi) is 7.84. The van der Waals surface area contributed by atoms with Crippen LogP contribution >= 0.6 is 0 Å². The highest BCUT2D eigenvalue weighted by Gasteiger charge is 2.26. The van der Waals surface area contributed by atoms with Gasteiger partial charge in [-0.25, -0.2) is 0 Å². The van der Waals surface area contributed by atoms with Gasteiger partial charge in [-0.15, -0.1) is 0 Å². The lowest BCUT2D eigenvalue weighted by molar-refractivity contribution is -0.0206. The molecule has 2 aliphatic rings. The summed E-state index contributed by atoms with van der Waals surface area (Å²) in [6.07, 6.45) is 9.07. The van der Waals surface area contributed by atoms with Gasteiger partial charge in [0.25, 0.3) is 0 Å². The number of rotatable bonds is 7. The molecule has 3 heteroatoms. The van der Waals surface area contributed by atoms with E-state index in [2.05, 4.69) is 44.4 Å². The molecular formula is C20H40N2O. The minimum absolute atomic E-state index is 0.392. The summed E-state index contributed by atoms with van der Waals surface area (Å²) in [6.45, 7) is 16.4. The molecule has 0 aromatic heterocycles. The summed E-state index contributed by atoms with van der Waals surface area (Å²) in [4.78, 5) is 5.34. The van der Waals surface area contributed by atoms with Crippen LogP contribution in [-0.2, 0) is 4.74 Å². The van der Waals surface area contributed by atoms with E-state index in [-0.39, 0.29) is 0 Å². The van der Waals surface area contributed by atoms with Gasteiger partial charge in [0.1, 0.15) is 0 Å². The van der Waals surface area contributed by atoms with Crippen LogP contribution in [0.25, 0.3) is 0 Å². The van der Waals surface area contributed by atoms with Crippen LogP contribution < -0.4 is 0 Å². The molecule has 1 saturated heterocycles. The fraction of sp³-hybridized carbons (Fsp3) is 1.00. The first kappa shape index (κ1) is 19.2. The zero-order chi connectivity index (χ0) is 16.8. The smallest absolute Gasteiger partial charge is 0.0578 e. The monoisotopic (exact) mass is 324 g/mol. The summed E-state index contributed by atoms with van der Waals surface area (Å²) < 4.78 is 5.97. The number of ether oxygens (including phenoxy) is 1. The van der Waals surface area contributed by atoms with E-state index in [1.165, 1.54) is 64.7 Å². The lowest BCUT2D eigenvalue weighted by Gasteiger charge is -2.42. The van der Waals surface area contributed by atoms with E-state index < -0.39 is 0 Å². The lowest BCUT2D eigenvalue weighted by atomic mass is 9.84. The molecule has 2 fully saturated rings. The lowest BCUT2D eigenvalue weighted by Crippen LogP contribution is -2.54. The van der Waals surface area contributed by atoms with E-state index in [1.807, 2.05) is 0 Å². The fourth-order valence-corrected chi connectivity index (χ4v) is 4.56. The van der Waals surface area contributed by atoms with Crippen LogP contribution in [0.3, 0.4) is 0 Å². The molecule has 0 spiro atoms. The minimum atomic E-state index is 0.392. The molecule has 1 heterocycles. The molecule has 0 aromatic carbocycles. The quantitative estimate of drug-likeness (QED) is 0.699. The molecule has 0 amide bonds. The average Bonchev–Trinajstić information content (AvgIpc) is 2.48. The first-order valence-corrected chi connectivity index (χ1v) is 10.1. The SMILES string of the molecule is CC(C)OC1CCC(CCCN2CCN(C(C)C)[C@H](C)C2)CC1. The van der Waals surface area contributed by atoms with Gasteiger partial charge in [0.2, 0.25) is 0 Å². The Morgan fingerprint density at radius 2 is 1.70 bits per heavy atom. The molecule has 0 unspecified atom stereocenters. The summed E-state index contributed by atoms with van der Waals surface area (Å²) in [5.41, 5.74) is 0. The Morgan fingerprint density at radius 1 is 1.00 bits per heavy atom. The van der Waals surface area contributed by atoms with Crippen LogP contribution in [0.1, 0.15) is 73.1 Å². The molecule has 0 radical (unpaired) electrons. The summed E-state index contributed by atoms with van der Waals surface area (Å²) in [7, 11) is 0. The summed E-state index contributed by atoms with van der Waals surface area (Å²) in [5.74, 6) is 0.955. The van der Waals surface area contributed by atoms with E-state index in [9.17, 15) is 0 Å². The Morgan fingerprint density at radius 3 is 2.26 bits per heavy atom. The second kappa shape index (κ2) is 9.39. The van der Waals surface area contributed by atoms with Gasteiger partial charge < -0.3 is 9.64 Å². The Bertz CT molecular complexity index is 324. The van der Waals surface area contributed by atoms with Gasteiger partial charge in [0, 0.05) is 31.7 Å². The molecule has 136 valence electrons. The first-order chi connectivity index (χ1) is 11.0. The van der Waals surface area contributed by atoms with Crippen LogP contribution in [-0.4, -0.2) is 60.3 Å². The topological polar surface area (TPSA) is 15.7 Å². The van der Waals surface area contributed by atoms with Crippen LogP contribution in [0, 0.1) is 5.92 Å². The second-order valence-corrected chi connectivity index (χ2v) is 8.45. The van der Waals surface area contributed by atoms with Gasteiger partial charge >= 0.3 is 0 Å². The Hall–Kier alpha value is -0.120. The molecule has 3 nitrogen and oxygen atoms in total. The molecule has 2 rings (SSSR count). The fourth-order valence-electron chi connectivity index (χ4n) is 4.56. The third kappa shape index (κ3) is 6.36. The third-order valence-corrected chi connectivity index (χ3v) is 5.77. The van der Waals surface area contributed by atoms with Crippen molar-refractivity contribution in [2.75, 3.05) is 26.2 Å². The molecule has 23 heavy (non-hydrogen) atoms. The van der Waals surface area contributed by atoms with Crippen molar-refractivity contribution in [3.8, 4) is 0 Å².